The minimum absolute atomic E-state index is 0.000648. The minimum Gasteiger partial charge on any atom is -0.495 e. The van der Waals surface area contributed by atoms with Gasteiger partial charge in [0.2, 0.25) is 5.91 Å². The van der Waals surface area contributed by atoms with Crippen LogP contribution < -0.4 is 15.4 Å². The molecule has 18 heavy (non-hydrogen) atoms. The molecule has 1 aromatic carbocycles. The standard InChI is InChI=1S/C14H22N2O2/c1-10(2)11(15)9-14(17)16(3)12-7-5-6-8-13(12)18-4/h5-8,10-11H,9,15H2,1-4H3. The van der Waals surface area contributed by atoms with Gasteiger partial charge in [-0.3, -0.25) is 4.79 Å². The molecule has 0 aliphatic carbocycles. The zero-order valence-electron chi connectivity index (χ0n) is 11.5. The van der Waals surface area contributed by atoms with Crippen LogP contribution in [-0.2, 0) is 4.79 Å². The van der Waals surface area contributed by atoms with E-state index in [1.165, 1.54) is 0 Å². The number of ether oxygens (including phenoxy) is 1. The molecule has 0 aliphatic heterocycles. The highest BCUT2D eigenvalue weighted by atomic mass is 16.5. The zero-order valence-corrected chi connectivity index (χ0v) is 11.5. The normalized spacial score (nSPS) is 12.3. The topological polar surface area (TPSA) is 55.6 Å². The predicted molar refractivity (Wildman–Crippen MR) is 73.8 cm³/mol. The Balaban J connectivity index is 2.80. The van der Waals surface area contributed by atoms with Gasteiger partial charge in [0, 0.05) is 19.5 Å². The van der Waals surface area contributed by atoms with Gasteiger partial charge < -0.3 is 15.4 Å². The average Bonchev–Trinajstić information content (AvgIpc) is 2.37. The van der Waals surface area contributed by atoms with Crippen LogP contribution in [0.5, 0.6) is 5.75 Å². The smallest absolute Gasteiger partial charge is 0.228 e. The number of anilines is 1. The van der Waals surface area contributed by atoms with Crippen LogP contribution in [0.2, 0.25) is 0 Å². The number of carbonyl (C=O) groups excluding carboxylic acids is 1. The van der Waals surface area contributed by atoms with Gasteiger partial charge >= 0.3 is 0 Å². The van der Waals surface area contributed by atoms with E-state index in [9.17, 15) is 4.79 Å². The monoisotopic (exact) mass is 250 g/mol. The Bertz CT molecular complexity index is 405. The molecule has 1 unspecified atom stereocenters. The lowest BCUT2D eigenvalue weighted by molar-refractivity contribution is -0.118. The minimum atomic E-state index is -0.116. The number of nitrogens with two attached hydrogens (primary N) is 1. The van der Waals surface area contributed by atoms with Crippen LogP contribution in [0.15, 0.2) is 24.3 Å². The van der Waals surface area contributed by atoms with Crippen LogP contribution in [0.1, 0.15) is 20.3 Å². The van der Waals surface area contributed by atoms with Gasteiger partial charge in [0.05, 0.1) is 12.8 Å². The molecule has 0 saturated carbocycles. The highest BCUT2D eigenvalue weighted by molar-refractivity contribution is 5.94. The first kappa shape index (κ1) is 14.5. The lowest BCUT2D eigenvalue weighted by atomic mass is 10.0. The van der Waals surface area contributed by atoms with Crippen molar-refractivity contribution in [2.24, 2.45) is 11.7 Å². The number of hydrogen-bond donors (Lipinski definition) is 1. The van der Waals surface area contributed by atoms with Crippen molar-refractivity contribution in [1.29, 1.82) is 0 Å². The van der Waals surface area contributed by atoms with Gasteiger partial charge in [0.25, 0.3) is 0 Å². The molecule has 0 saturated heterocycles. The Labute approximate surface area is 109 Å². The molecule has 0 aliphatic rings. The molecule has 0 fully saturated rings. The first-order chi connectivity index (χ1) is 8.47. The first-order valence-electron chi connectivity index (χ1n) is 6.12. The van der Waals surface area contributed by atoms with Crippen LogP contribution in [0.4, 0.5) is 5.69 Å². The van der Waals surface area contributed by atoms with E-state index in [4.69, 9.17) is 10.5 Å². The summed E-state index contributed by atoms with van der Waals surface area (Å²) >= 11 is 0. The molecule has 0 bridgehead atoms. The van der Waals surface area contributed by atoms with Crippen LogP contribution in [0.25, 0.3) is 0 Å². The maximum absolute atomic E-state index is 12.1. The summed E-state index contributed by atoms with van der Waals surface area (Å²) in [6, 6.07) is 7.33. The zero-order chi connectivity index (χ0) is 13.7. The summed E-state index contributed by atoms with van der Waals surface area (Å²) in [6.07, 6.45) is 0.339. The summed E-state index contributed by atoms with van der Waals surface area (Å²) in [6.45, 7) is 4.03. The molecule has 0 radical (unpaired) electrons. The SMILES string of the molecule is COc1ccccc1N(C)C(=O)CC(N)C(C)C. The van der Waals surface area contributed by atoms with Crippen LogP contribution in [0, 0.1) is 5.92 Å². The van der Waals surface area contributed by atoms with E-state index in [0.717, 1.165) is 5.69 Å². The van der Waals surface area contributed by atoms with Gasteiger partial charge in [0.1, 0.15) is 5.75 Å². The fraction of sp³-hybridized carbons (Fsp3) is 0.500. The number of amides is 1. The van der Waals surface area contributed by atoms with Crippen LogP contribution in [-0.4, -0.2) is 26.1 Å². The van der Waals surface area contributed by atoms with E-state index in [1.54, 1.807) is 19.1 Å². The Morgan fingerprint density at radius 2 is 2.00 bits per heavy atom. The molecule has 4 heteroatoms. The largest absolute Gasteiger partial charge is 0.495 e. The van der Waals surface area contributed by atoms with Crippen molar-refractivity contribution < 1.29 is 9.53 Å². The Morgan fingerprint density at radius 1 is 1.39 bits per heavy atom. The third kappa shape index (κ3) is 3.47. The molecular weight excluding hydrogens is 228 g/mol. The van der Waals surface area contributed by atoms with Gasteiger partial charge in [-0.2, -0.15) is 0 Å². The van der Waals surface area contributed by atoms with Gasteiger partial charge in [-0.05, 0) is 18.1 Å². The Hall–Kier alpha value is -1.55. The molecular formula is C14H22N2O2. The molecule has 1 amide bonds. The van der Waals surface area contributed by atoms with Gasteiger partial charge in [0.15, 0.2) is 0 Å². The van der Waals surface area contributed by atoms with Crippen molar-refractivity contribution in [2.45, 2.75) is 26.3 Å². The quantitative estimate of drug-likeness (QED) is 0.870. The van der Waals surface area contributed by atoms with Crippen molar-refractivity contribution in [3.63, 3.8) is 0 Å². The summed E-state index contributed by atoms with van der Waals surface area (Å²) in [4.78, 5) is 13.7. The third-order valence-electron chi connectivity index (χ3n) is 3.09. The van der Waals surface area contributed by atoms with Crippen molar-refractivity contribution in [3.05, 3.63) is 24.3 Å². The van der Waals surface area contributed by atoms with Crippen LogP contribution >= 0.6 is 0 Å². The summed E-state index contributed by atoms with van der Waals surface area (Å²) < 4.78 is 5.24. The van der Waals surface area contributed by atoms with Gasteiger partial charge in [-0.25, -0.2) is 0 Å². The Kier molecular flexibility index (Phi) is 5.16. The van der Waals surface area contributed by atoms with E-state index in [-0.39, 0.29) is 11.9 Å². The summed E-state index contributed by atoms with van der Waals surface area (Å²) in [5, 5.41) is 0. The molecule has 0 heterocycles. The lowest BCUT2D eigenvalue weighted by Crippen LogP contribution is -2.36. The number of nitrogens with zero attached hydrogens (tertiary/aromatic N) is 1. The second-order valence-corrected chi connectivity index (χ2v) is 4.74. The van der Waals surface area contributed by atoms with Gasteiger partial charge in [-0.1, -0.05) is 26.0 Å². The average molecular weight is 250 g/mol. The van der Waals surface area contributed by atoms with Crippen molar-refractivity contribution in [1.82, 2.24) is 0 Å². The number of hydrogen-bond acceptors (Lipinski definition) is 3. The lowest BCUT2D eigenvalue weighted by Gasteiger charge is -2.22. The maximum atomic E-state index is 12.1. The number of methoxy groups -OCH3 is 1. The molecule has 1 aromatic rings. The number of benzene rings is 1. The predicted octanol–water partition coefficient (Wildman–Crippen LogP) is 2.03. The second-order valence-electron chi connectivity index (χ2n) is 4.74. The van der Waals surface area contributed by atoms with E-state index >= 15 is 0 Å². The van der Waals surface area contributed by atoms with Crippen molar-refractivity contribution in [2.75, 3.05) is 19.1 Å². The fourth-order valence-corrected chi connectivity index (χ4v) is 1.62. The van der Waals surface area contributed by atoms with Crippen molar-refractivity contribution >= 4 is 11.6 Å². The number of carbonyl (C=O) groups is 1. The van der Waals surface area contributed by atoms with Crippen LogP contribution in [0.3, 0.4) is 0 Å². The molecule has 2 N–H and O–H groups in total. The first-order valence-corrected chi connectivity index (χ1v) is 6.12. The number of rotatable bonds is 5. The fourth-order valence-electron chi connectivity index (χ4n) is 1.62. The van der Waals surface area contributed by atoms with E-state index in [0.29, 0.717) is 18.1 Å². The van der Waals surface area contributed by atoms with E-state index < -0.39 is 0 Å². The molecule has 0 spiro atoms. The molecule has 1 atom stereocenters. The summed E-state index contributed by atoms with van der Waals surface area (Å²) in [5.41, 5.74) is 6.69. The maximum Gasteiger partial charge on any atom is 0.228 e. The number of para-hydroxylation sites is 2. The van der Waals surface area contributed by atoms with E-state index in [2.05, 4.69) is 0 Å². The highest BCUT2D eigenvalue weighted by Gasteiger charge is 2.19. The van der Waals surface area contributed by atoms with E-state index in [1.807, 2.05) is 38.1 Å². The second kappa shape index (κ2) is 6.40. The van der Waals surface area contributed by atoms with Gasteiger partial charge in [-0.15, -0.1) is 0 Å². The summed E-state index contributed by atoms with van der Waals surface area (Å²) in [5.74, 6) is 0.979. The molecule has 4 nitrogen and oxygen atoms in total. The Morgan fingerprint density at radius 3 is 2.56 bits per heavy atom. The molecule has 100 valence electrons. The molecule has 0 aromatic heterocycles. The third-order valence-corrected chi connectivity index (χ3v) is 3.09. The highest BCUT2D eigenvalue weighted by Crippen LogP contribution is 2.27. The molecule has 1 rings (SSSR count). The van der Waals surface area contributed by atoms with Crippen molar-refractivity contribution in [3.8, 4) is 5.75 Å². The summed E-state index contributed by atoms with van der Waals surface area (Å²) in [7, 11) is 3.34.